The third kappa shape index (κ3) is 4.08. The summed E-state index contributed by atoms with van der Waals surface area (Å²) in [5.41, 5.74) is 0.0277. The molecule has 6 heteroatoms. The Hall–Kier alpha value is -1.85. The van der Waals surface area contributed by atoms with Crippen molar-refractivity contribution in [2.24, 2.45) is 0 Å². The lowest BCUT2D eigenvalue weighted by molar-refractivity contribution is -0.0515. The molecule has 19 heavy (non-hydrogen) atoms. The van der Waals surface area contributed by atoms with Gasteiger partial charge >= 0.3 is 6.61 Å². The van der Waals surface area contributed by atoms with E-state index in [1.807, 2.05) is 13.8 Å². The Morgan fingerprint density at radius 2 is 2.11 bits per heavy atom. The molecule has 0 bridgehead atoms. The first-order valence-electron chi connectivity index (χ1n) is 5.92. The van der Waals surface area contributed by atoms with Gasteiger partial charge in [-0.25, -0.2) is 0 Å². The van der Waals surface area contributed by atoms with Gasteiger partial charge in [-0.3, -0.25) is 4.79 Å². The molecule has 0 saturated heterocycles. The molecule has 0 spiro atoms. The number of carbonyl (C=O) groups is 1. The molecule has 1 N–H and O–H groups in total. The zero-order valence-electron chi connectivity index (χ0n) is 11.1. The molecule has 0 heterocycles. The van der Waals surface area contributed by atoms with E-state index in [1.54, 1.807) is 6.07 Å². The maximum Gasteiger partial charge on any atom is 0.387 e. The van der Waals surface area contributed by atoms with E-state index in [1.165, 1.54) is 19.2 Å². The maximum atomic E-state index is 12.4. The van der Waals surface area contributed by atoms with E-state index in [4.69, 9.17) is 4.74 Å². The average Bonchev–Trinajstić information content (AvgIpc) is 2.37. The van der Waals surface area contributed by atoms with Crippen LogP contribution in [0.2, 0.25) is 0 Å². The molecule has 4 nitrogen and oxygen atoms in total. The van der Waals surface area contributed by atoms with Crippen LogP contribution >= 0.6 is 0 Å². The van der Waals surface area contributed by atoms with Gasteiger partial charge in [0.15, 0.2) is 11.5 Å². The summed E-state index contributed by atoms with van der Waals surface area (Å²) in [5.74, 6) is -0.623. The zero-order valence-corrected chi connectivity index (χ0v) is 11.1. The van der Waals surface area contributed by atoms with Crippen molar-refractivity contribution >= 4 is 5.91 Å². The lowest BCUT2D eigenvalue weighted by Gasteiger charge is -2.16. The second-order valence-corrected chi connectivity index (χ2v) is 4.00. The topological polar surface area (TPSA) is 47.6 Å². The minimum atomic E-state index is -3.02. The Morgan fingerprint density at radius 1 is 1.42 bits per heavy atom. The molecule has 1 unspecified atom stereocenters. The fourth-order valence-corrected chi connectivity index (χ4v) is 1.47. The summed E-state index contributed by atoms with van der Waals surface area (Å²) in [6, 6.07) is 4.36. The van der Waals surface area contributed by atoms with Crippen LogP contribution in [-0.4, -0.2) is 25.7 Å². The quantitative estimate of drug-likeness (QED) is 0.867. The minimum absolute atomic E-state index is 0.0277. The molecule has 0 aliphatic carbocycles. The maximum absolute atomic E-state index is 12.4. The Bertz CT molecular complexity index is 438. The molecule has 0 aliphatic heterocycles. The minimum Gasteiger partial charge on any atom is -0.493 e. The van der Waals surface area contributed by atoms with Crippen LogP contribution in [-0.2, 0) is 0 Å². The molecule has 1 rings (SSSR count). The summed E-state index contributed by atoms with van der Waals surface area (Å²) >= 11 is 0. The van der Waals surface area contributed by atoms with Gasteiger partial charge in [0.25, 0.3) is 5.91 Å². The van der Waals surface area contributed by atoms with Crippen molar-refractivity contribution < 1.29 is 23.0 Å². The largest absolute Gasteiger partial charge is 0.493 e. The number of methoxy groups -OCH3 is 1. The summed E-state index contributed by atoms with van der Waals surface area (Å²) in [6.45, 7) is 0.713. The lowest BCUT2D eigenvalue weighted by Crippen LogP contribution is -2.32. The van der Waals surface area contributed by atoms with Crippen LogP contribution in [0.1, 0.15) is 30.6 Å². The summed E-state index contributed by atoms with van der Waals surface area (Å²) in [5, 5.41) is 2.69. The van der Waals surface area contributed by atoms with Gasteiger partial charge in [-0.2, -0.15) is 8.78 Å². The average molecular weight is 273 g/mol. The monoisotopic (exact) mass is 273 g/mol. The van der Waals surface area contributed by atoms with Crippen LogP contribution in [0.5, 0.6) is 11.5 Å². The summed E-state index contributed by atoms with van der Waals surface area (Å²) in [4.78, 5) is 12.0. The molecular formula is C13H17F2NO3. The van der Waals surface area contributed by atoms with Crippen molar-refractivity contribution in [1.82, 2.24) is 5.32 Å². The van der Waals surface area contributed by atoms with Gasteiger partial charge in [0.1, 0.15) is 0 Å². The fraction of sp³-hybridized carbons (Fsp3) is 0.462. The Kier molecular flexibility index (Phi) is 5.54. The highest BCUT2D eigenvalue weighted by molar-refractivity contribution is 5.98. The van der Waals surface area contributed by atoms with E-state index in [2.05, 4.69) is 10.1 Å². The van der Waals surface area contributed by atoms with E-state index in [0.29, 0.717) is 0 Å². The van der Waals surface area contributed by atoms with Crippen LogP contribution in [0.15, 0.2) is 18.2 Å². The molecule has 0 aromatic heterocycles. The molecule has 1 amide bonds. The Morgan fingerprint density at radius 3 is 2.63 bits per heavy atom. The van der Waals surface area contributed by atoms with Crippen molar-refractivity contribution in [1.29, 1.82) is 0 Å². The van der Waals surface area contributed by atoms with Crippen molar-refractivity contribution in [3.63, 3.8) is 0 Å². The zero-order chi connectivity index (χ0) is 14.4. The van der Waals surface area contributed by atoms with E-state index >= 15 is 0 Å². The summed E-state index contributed by atoms with van der Waals surface area (Å²) in [6.07, 6.45) is 0.737. The third-order valence-corrected chi connectivity index (χ3v) is 2.64. The molecule has 0 radical (unpaired) electrons. The molecule has 1 atom stereocenters. The number of nitrogens with one attached hydrogen (secondary N) is 1. The third-order valence-electron chi connectivity index (χ3n) is 2.64. The smallest absolute Gasteiger partial charge is 0.387 e. The van der Waals surface area contributed by atoms with E-state index < -0.39 is 12.5 Å². The molecular weight excluding hydrogens is 256 g/mol. The van der Waals surface area contributed by atoms with E-state index in [9.17, 15) is 13.6 Å². The highest BCUT2D eigenvalue weighted by atomic mass is 19.3. The SMILES string of the molecule is CCC(C)NC(=O)c1cccc(OC)c1OC(F)F. The number of benzene rings is 1. The summed E-state index contributed by atoms with van der Waals surface area (Å²) in [7, 11) is 1.32. The van der Waals surface area contributed by atoms with Gasteiger partial charge in [-0.15, -0.1) is 0 Å². The van der Waals surface area contributed by atoms with Crippen molar-refractivity contribution in [2.75, 3.05) is 7.11 Å². The Balaban J connectivity index is 3.07. The number of amides is 1. The second kappa shape index (κ2) is 6.92. The molecule has 1 aromatic rings. The fourth-order valence-electron chi connectivity index (χ4n) is 1.47. The number of alkyl halides is 2. The van der Waals surface area contributed by atoms with Crippen LogP contribution in [0, 0.1) is 0 Å². The second-order valence-electron chi connectivity index (χ2n) is 4.00. The predicted molar refractivity (Wildman–Crippen MR) is 66.8 cm³/mol. The highest BCUT2D eigenvalue weighted by Gasteiger charge is 2.20. The van der Waals surface area contributed by atoms with Crippen molar-refractivity contribution in [3.8, 4) is 11.5 Å². The molecule has 0 aliphatic rings. The summed E-state index contributed by atoms with van der Waals surface area (Å²) < 4.78 is 34.1. The molecule has 1 aromatic carbocycles. The van der Waals surface area contributed by atoms with Gasteiger partial charge in [0, 0.05) is 6.04 Å². The Labute approximate surface area is 110 Å². The normalized spacial score (nSPS) is 12.1. The van der Waals surface area contributed by atoms with Gasteiger partial charge in [0.2, 0.25) is 0 Å². The number of halogens is 2. The lowest BCUT2D eigenvalue weighted by atomic mass is 10.1. The predicted octanol–water partition coefficient (Wildman–Crippen LogP) is 2.82. The first kappa shape index (κ1) is 15.2. The van der Waals surface area contributed by atoms with Crippen LogP contribution < -0.4 is 14.8 Å². The molecule has 0 saturated carbocycles. The highest BCUT2D eigenvalue weighted by Crippen LogP contribution is 2.32. The van der Waals surface area contributed by atoms with Crippen molar-refractivity contribution in [2.45, 2.75) is 32.9 Å². The first-order valence-corrected chi connectivity index (χ1v) is 5.92. The number of carbonyl (C=O) groups excluding carboxylic acids is 1. The van der Waals surface area contributed by atoms with Crippen LogP contribution in [0.4, 0.5) is 8.78 Å². The van der Waals surface area contributed by atoms with Crippen LogP contribution in [0.25, 0.3) is 0 Å². The molecule has 0 fully saturated rings. The number of para-hydroxylation sites is 1. The standard InChI is InChI=1S/C13H17F2NO3/c1-4-8(2)16-12(17)9-6-5-7-10(18-3)11(9)19-13(14)15/h5-8,13H,4H2,1-3H3,(H,16,17). The number of ether oxygens (including phenoxy) is 2. The van der Waals surface area contributed by atoms with Gasteiger partial charge in [0.05, 0.1) is 12.7 Å². The first-order chi connectivity index (χ1) is 8.99. The van der Waals surface area contributed by atoms with Gasteiger partial charge in [-0.1, -0.05) is 13.0 Å². The van der Waals surface area contributed by atoms with Gasteiger partial charge < -0.3 is 14.8 Å². The van der Waals surface area contributed by atoms with E-state index in [0.717, 1.165) is 6.42 Å². The van der Waals surface area contributed by atoms with E-state index in [-0.39, 0.29) is 23.1 Å². The van der Waals surface area contributed by atoms with Gasteiger partial charge in [-0.05, 0) is 25.5 Å². The number of hydrogen-bond donors (Lipinski definition) is 1. The number of hydrogen-bond acceptors (Lipinski definition) is 3. The van der Waals surface area contributed by atoms with Crippen molar-refractivity contribution in [3.05, 3.63) is 23.8 Å². The van der Waals surface area contributed by atoms with Crippen LogP contribution in [0.3, 0.4) is 0 Å². The number of rotatable bonds is 6. The molecule has 106 valence electrons.